The quantitative estimate of drug-likeness (QED) is 0.531. The summed E-state index contributed by atoms with van der Waals surface area (Å²) < 4.78 is 5.19. The molecule has 0 bridgehead atoms. The first-order valence-corrected chi connectivity index (χ1v) is 5.52. The van der Waals surface area contributed by atoms with Gasteiger partial charge in [0.1, 0.15) is 11.6 Å². The Morgan fingerprint density at radius 1 is 1.56 bits per heavy atom. The summed E-state index contributed by atoms with van der Waals surface area (Å²) >= 11 is 0. The molecule has 2 unspecified atom stereocenters. The van der Waals surface area contributed by atoms with Crippen LogP contribution in [0.1, 0.15) is 33.6 Å². The molecule has 0 aromatic carbocycles. The molecule has 4 heteroatoms. The third kappa shape index (κ3) is 5.88. The van der Waals surface area contributed by atoms with Crippen molar-refractivity contribution in [3.05, 3.63) is 12.7 Å². The summed E-state index contributed by atoms with van der Waals surface area (Å²) in [5.41, 5.74) is 5.27. The molecule has 4 nitrogen and oxygen atoms in total. The first-order chi connectivity index (χ1) is 7.31. The minimum absolute atomic E-state index is 0.00893. The van der Waals surface area contributed by atoms with Crippen molar-refractivity contribution in [2.75, 3.05) is 6.61 Å². The van der Waals surface area contributed by atoms with E-state index >= 15 is 0 Å². The lowest BCUT2D eigenvalue weighted by atomic mass is 9.93. The maximum Gasteiger partial charge on any atom is 0.323 e. The SMILES string of the molecule is C=CCC(CCO)C(N)C(=O)OC(C)(C)C. The molecule has 0 heterocycles. The number of aliphatic hydroxyl groups is 1. The smallest absolute Gasteiger partial charge is 0.323 e. The Morgan fingerprint density at radius 2 is 2.12 bits per heavy atom. The van der Waals surface area contributed by atoms with Crippen LogP contribution in [0.4, 0.5) is 0 Å². The van der Waals surface area contributed by atoms with E-state index in [1.165, 1.54) is 0 Å². The van der Waals surface area contributed by atoms with Gasteiger partial charge in [0.15, 0.2) is 0 Å². The van der Waals surface area contributed by atoms with Gasteiger partial charge in [-0.2, -0.15) is 0 Å². The molecule has 0 saturated carbocycles. The highest BCUT2D eigenvalue weighted by Crippen LogP contribution is 2.16. The largest absolute Gasteiger partial charge is 0.459 e. The Morgan fingerprint density at radius 3 is 2.50 bits per heavy atom. The number of carbonyl (C=O) groups excluding carboxylic acids is 1. The number of hydrogen-bond acceptors (Lipinski definition) is 4. The topological polar surface area (TPSA) is 72.5 Å². The van der Waals surface area contributed by atoms with Crippen LogP contribution in [-0.4, -0.2) is 29.3 Å². The fourth-order valence-corrected chi connectivity index (χ4v) is 1.39. The first-order valence-electron chi connectivity index (χ1n) is 5.52. The van der Waals surface area contributed by atoms with Crippen LogP contribution in [0.3, 0.4) is 0 Å². The molecule has 0 aromatic rings. The Bertz CT molecular complexity index is 233. The van der Waals surface area contributed by atoms with E-state index in [4.69, 9.17) is 15.6 Å². The molecule has 2 atom stereocenters. The van der Waals surface area contributed by atoms with Crippen LogP contribution in [0.5, 0.6) is 0 Å². The number of nitrogens with two attached hydrogens (primary N) is 1. The van der Waals surface area contributed by atoms with E-state index in [1.54, 1.807) is 26.8 Å². The van der Waals surface area contributed by atoms with E-state index in [0.717, 1.165) is 0 Å². The molecule has 0 fully saturated rings. The van der Waals surface area contributed by atoms with Crippen molar-refractivity contribution >= 4 is 5.97 Å². The number of aliphatic hydroxyl groups excluding tert-OH is 1. The standard InChI is InChI=1S/C12H23NO3/c1-5-6-9(7-8-14)10(13)11(15)16-12(2,3)4/h5,9-10,14H,1,6-8,13H2,2-4H3. The van der Waals surface area contributed by atoms with Crippen LogP contribution in [0.2, 0.25) is 0 Å². The number of allylic oxidation sites excluding steroid dienone is 1. The number of ether oxygens (including phenoxy) is 1. The fraction of sp³-hybridized carbons (Fsp3) is 0.750. The van der Waals surface area contributed by atoms with Gasteiger partial charge in [-0.05, 0) is 39.5 Å². The third-order valence-electron chi connectivity index (χ3n) is 2.16. The van der Waals surface area contributed by atoms with Gasteiger partial charge in [-0.15, -0.1) is 6.58 Å². The van der Waals surface area contributed by atoms with Crippen LogP contribution >= 0.6 is 0 Å². The molecule has 16 heavy (non-hydrogen) atoms. The Hall–Kier alpha value is -0.870. The molecule has 0 rings (SSSR count). The summed E-state index contributed by atoms with van der Waals surface area (Å²) in [6.45, 7) is 9.01. The van der Waals surface area contributed by atoms with Gasteiger partial charge in [-0.3, -0.25) is 4.79 Å². The lowest BCUT2D eigenvalue weighted by Crippen LogP contribution is -2.42. The molecular weight excluding hydrogens is 206 g/mol. The predicted molar refractivity (Wildman–Crippen MR) is 63.8 cm³/mol. The van der Waals surface area contributed by atoms with E-state index in [9.17, 15) is 4.79 Å². The summed E-state index contributed by atoms with van der Waals surface area (Å²) in [5, 5.41) is 8.88. The average molecular weight is 229 g/mol. The summed E-state index contributed by atoms with van der Waals surface area (Å²) in [6, 6.07) is -0.704. The molecule has 0 saturated heterocycles. The Labute approximate surface area is 97.5 Å². The molecule has 0 aliphatic rings. The maximum absolute atomic E-state index is 11.7. The summed E-state index contributed by atoms with van der Waals surface area (Å²) in [5.74, 6) is -0.537. The first kappa shape index (κ1) is 15.1. The average Bonchev–Trinajstić information content (AvgIpc) is 2.13. The molecule has 0 spiro atoms. The van der Waals surface area contributed by atoms with E-state index in [2.05, 4.69) is 6.58 Å². The lowest BCUT2D eigenvalue weighted by molar-refractivity contribution is -0.158. The van der Waals surface area contributed by atoms with Gasteiger partial charge in [-0.25, -0.2) is 0 Å². The van der Waals surface area contributed by atoms with Gasteiger partial charge in [0.25, 0.3) is 0 Å². The summed E-state index contributed by atoms with van der Waals surface area (Å²) in [7, 11) is 0. The molecule has 0 amide bonds. The highest BCUT2D eigenvalue weighted by molar-refractivity contribution is 5.76. The van der Waals surface area contributed by atoms with Crippen molar-refractivity contribution in [3.63, 3.8) is 0 Å². The van der Waals surface area contributed by atoms with Gasteiger partial charge in [0.2, 0.25) is 0 Å². The Kier molecular flexibility index (Phi) is 6.29. The molecule has 0 aliphatic heterocycles. The molecule has 0 radical (unpaired) electrons. The van der Waals surface area contributed by atoms with E-state index in [0.29, 0.717) is 12.8 Å². The highest BCUT2D eigenvalue weighted by Gasteiger charge is 2.27. The molecular formula is C12H23NO3. The lowest BCUT2D eigenvalue weighted by Gasteiger charge is -2.26. The molecule has 0 aromatic heterocycles. The monoisotopic (exact) mass is 229 g/mol. The molecule has 94 valence electrons. The number of rotatable bonds is 6. The van der Waals surface area contributed by atoms with Crippen LogP contribution in [0.15, 0.2) is 12.7 Å². The molecule has 0 aliphatic carbocycles. The van der Waals surface area contributed by atoms with Gasteiger partial charge in [0.05, 0.1) is 0 Å². The number of carbonyl (C=O) groups is 1. The van der Waals surface area contributed by atoms with E-state index < -0.39 is 17.6 Å². The van der Waals surface area contributed by atoms with Crippen molar-refractivity contribution in [1.82, 2.24) is 0 Å². The second-order valence-corrected chi connectivity index (χ2v) is 4.86. The van der Waals surface area contributed by atoms with Crippen LogP contribution in [0, 0.1) is 5.92 Å². The number of hydrogen-bond donors (Lipinski definition) is 2. The predicted octanol–water partition coefficient (Wildman–Crippen LogP) is 1.23. The minimum atomic E-state index is -0.704. The van der Waals surface area contributed by atoms with E-state index in [-0.39, 0.29) is 12.5 Å². The minimum Gasteiger partial charge on any atom is -0.459 e. The molecule has 3 N–H and O–H groups in total. The zero-order chi connectivity index (χ0) is 12.8. The summed E-state index contributed by atoms with van der Waals surface area (Å²) in [6.07, 6.45) is 2.78. The second-order valence-electron chi connectivity index (χ2n) is 4.86. The Balaban J connectivity index is 4.41. The zero-order valence-corrected chi connectivity index (χ0v) is 10.4. The summed E-state index contributed by atoms with van der Waals surface area (Å²) in [4.78, 5) is 11.7. The number of esters is 1. The second kappa shape index (κ2) is 6.66. The van der Waals surface area contributed by atoms with Crippen LogP contribution in [0.25, 0.3) is 0 Å². The van der Waals surface area contributed by atoms with Crippen molar-refractivity contribution in [1.29, 1.82) is 0 Å². The van der Waals surface area contributed by atoms with Crippen LogP contribution in [-0.2, 0) is 9.53 Å². The van der Waals surface area contributed by atoms with Crippen molar-refractivity contribution in [2.24, 2.45) is 11.7 Å². The van der Waals surface area contributed by atoms with Crippen molar-refractivity contribution in [2.45, 2.75) is 45.3 Å². The fourth-order valence-electron chi connectivity index (χ4n) is 1.39. The van der Waals surface area contributed by atoms with Gasteiger partial charge < -0.3 is 15.6 Å². The highest BCUT2D eigenvalue weighted by atomic mass is 16.6. The van der Waals surface area contributed by atoms with Crippen molar-refractivity contribution in [3.8, 4) is 0 Å². The van der Waals surface area contributed by atoms with Crippen LogP contribution < -0.4 is 5.73 Å². The zero-order valence-electron chi connectivity index (χ0n) is 10.4. The van der Waals surface area contributed by atoms with E-state index in [1.807, 2.05) is 0 Å². The third-order valence-corrected chi connectivity index (χ3v) is 2.16. The van der Waals surface area contributed by atoms with Gasteiger partial charge in [0, 0.05) is 6.61 Å². The maximum atomic E-state index is 11.7. The van der Waals surface area contributed by atoms with Gasteiger partial charge >= 0.3 is 5.97 Å². The van der Waals surface area contributed by atoms with Crippen molar-refractivity contribution < 1.29 is 14.6 Å². The normalized spacial score (nSPS) is 15.3. The van der Waals surface area contributed by atoms with Gasteiger partial charge in [-0.1, -0.05) is 6.08 Å².